The zero-order valence-electron chi connectivity index (χ0n) is 13.9. The number of amides is 1. The van der Waals surface area contributed by atoms with E-state index in [-0.39, 0.29) is 11.8 Å². The molecule has 118 valence electrons. The Balaban J connectivity index is 2.68. The molecule has 2 atom stereocenters. The average molecular weight is 290 g/mol. The molecule has 1 amide bonds. The predicted molar refractivity (Wildman–Crippen MR) is 90.3 cm³/mol. The van der Waals surface area contributed by atoms with E-state index in [4.69, 9.17) is 5.73 Å². The third-order valence-corrected chi connectivity index (χ3v) is 4.18. The van der Waals surface area contributed by atoms with Gasteiger partial charge in [0.2, 0.25) is 5.91 Å². The molecule has 0 fully saturated rings. The lowest BCUT2D eigenvalue weighted by Crippen LogP contribution is -2.39. The van der Waals surface area contributed by atoms with Gasteiger partial charge in [-0.2, -0.15) is 0 Å². The predicted octanol–water partition coefficient (Wildman–Crippen LogP) is 4.19. The summed E-state index contributed by atoms with van der Waals surface area (Å²) < 4.78 is 0. The van der Waals surface area contributed by atoms with E-state index in [1.54, 1.807) is 0 Å². The number of hydrogen-bond acceptors (Lipinski definition) is 2. The number of nitrogens with zero attached hydrogens (tertiary/aromatic N) is 1. The molecule has 1 rings (SSSR count). The molecular formula is C18H30N2O. The molecule has 0 aromatic heterocycles. The van der Waals surface area contributed by atoms with E-state index in [0.717, 1.165) is 31.5 Å². The first-order chi connectivity index (χ1) is 9.99. The molecule has 0 aliphatic rings. The number of nitrogen functional groups attached to an aromatic ring is 1. The molecular weight excluding hydrogens is 260 g/mol. The highest BCUT2D eigenvalue weighted by Gasteiger charge is 2.20. The molecule has 0 saturated carbocycles. The van der Waals surface area contributed by atoms with Gasteiger partial charge in [0.1, 0.15) is 0 Å². The van der Waals surface area contributed by atoms with E-state index in [1.165, 1.54) is 5.56 Å². The minimum absolute atomic E-state index is 0.228. The van der Waals surface area contributed by atoms with Gasteiger partial charge < -0.3 is 10.6 Å². The van der Waals surface area contributed by atoms with Crippen molar-refractivity contribution in [3.8, 4) is 0 Å². The van der Waals surface area contributed by atoms with E-state index in [1.807, 2.05) is 24.3 Å². The average Bonchev–Trinajstić information content (AvgIpc) is 2.47. The van der Waals surface area contributed by atoms with Crippen molar-refractivity contribution >= 4 is 11.6 Å². The Bertz CT molecular complexity index is 427. The van der Waals surface area contributed by atoms with Crippen molar-refractivity contribution in [2.45, 2.75) is 65.3 Å². The van der Waals surface area contributed by atoms with Crippen LogP contribution in [0.1, 0.15) is 64.9 Å². The lowest BCUT2D eigenvalue weighted by molar-refractivity contribution is -0.133. The summed E-state index contributed by atoms with van der Waals surface area (Å²) in [6, 6.07) is 8.17. The summed E-state index contributed by atoms with van der Waals surface area (Å²) in [5.41, 5.74) is 7.66. The Morgan fingerprint density at radius 2 is 1.81 bits per heavy atom. The zero-order chi connectivity index (χ0) is 15.8. The van der Waals surface area contributed by atoms with Gasteiger partial charge in [0.15, 0.2) is 0 Å². The van der Waals surface area contributed by atoms with Crippen LogP contribution in [0.2, 0.25) is 0 Å². The van der Waals surface area contributed by atoms with Gasteiger partial charge in [0.05, 0.1) is 0 Å². The topological polar surface area (TPSA) is 46.3 Å². The summed E-state index contributed by atoms with van der Waals surface area (Å²) in [4.78, 5) is 14.7. The number of rotatable bonds is 8. The summed E-state index contributed by atoms with van der Waals surface area (Å²) in [5, 5.41) is 0. The summed E-state index contributed by atoms with van der Waals surface area (Å²) in [5.74, 6) is 0.494. The second-order valence-electron chi connectivity index (χ2n) is 5.97. The zero-order valence-corrected chi connectivity index (χ0v) is 13.9. The molecule has 0 radical (unpaired) electrons. The van der Waals surface area contributed by atoms with Crippen LogP contribution in [0.3, 0.4) is 0 Å². The van der Waals surface area contributed by atoms with Crippen molar-refractivity contribution < 1.29 is 4.79 Å². The van der Waals surface area contributed by atoms with Crippen LogP contribution in [0.5, 0.6) is 0 Å². The number of hydrogen-bond donors (Lipinski definition) is 1. The molecule has 1 aromatic rings. The fourth-order valence-corrected chi connectivity index (χ4v) is 2.46. The van der Waals surface area contributed by atoms with E-state index >= 15 is 0 Å². The second kappa shape index (κ2) is 8.71. The quantitative estimate of drug-likeness (QED) is 0.730. The van der Waals surface area contributed by atoms with Crippen LogP contribution in [-0.4, -0.2) is 23.4 Å². The first-order valence-corrected chi connectivity index (χ1v) is 8.14. The van der Waals surface area contributed by atoms with Crippen LogP contribution in [0, 0.1) is 0 Å². The first kappa shape index (κ1) is 17.5. The van der Waals surface area contributed by atoms with Crippen LogP contribution in [-0.2, 0) is 4.79 Å². The third kappa shape index (κ3) is 5.41. The van der Waals surface area contributed by atoms with Crippen LogP contribution in [0.15, 0.2) is 24.3 Å². The SMILES string of the molecule is CCCCN(C(=O)CC(C)c1ccc(N)cc1)C(C)CC. The monoisotopic (exact) mass is 290 g/mol. The standard InChI is InChI=1S/C18H30N2O/c1-5-7-12-20(15(4)6-2)18(21)13-14(3)16-8-10-17(19)11-9-16/h8-11,14-15H,5-7,12-13,19H2,1-4H3. The van der Waals surface area contributed by atoms with Crippen LogP contribution < -0.4 is 5.73 Å². The lowest BCUT2D eigenvalue weighted by atomic mass is 9.96. The summed E-state index contributed by atoms with van der Waals surface area (Å²) in [6.07, 6.45) is 3.77. The minimum atomic E-state index is 0.228. The highest BCUT2D eigenvalue weighted by Crippen LogP contribution is 2.22. The molecule has 2 N–H and O–H groups in total. The summed E-state index contributed by atoms with van der Waals surface area (Å²) in [7, 11) is 0. The Labute approximate surface area is 129 Å². The number of benzene rings is 1. The van der Waals surface area contributed by atoms with E-state index in [9.17, 15) is 4.79 Å². The molecule has 3 nitrogen and oxygen atoms in total. The maximum atomic E-state index is 12.6. The van der Waals surface area contributed by atoms with Gasteiger partial charge in [0, 0.05) is 24.7 Å². The van der Waals surface area contributed by atoms with Crippen LogP contribution in [0.25, 0.3) is 0 Å². The molecule has 0 heterocycles. The molecule has 1 aromatic carbocycles. The fourth-order valence-electron chi connectivity index (χ4n) is 2.46. The largest absolute Gasteiger partial charge is 0.399 e. The van der Waals surface area contributed by atoms with E-state index < -0.39 is 0 Å². The highest BCUT2D eigenvalue weighted by atomic mass is 16.2. The number of nitrogens with two attached hydrogens (primary N) is 1. The van der Waals surface area contributed by atoms with Gasteiger partial charge in [-0.3, -0.25) is 4.79 Å². The Morgan fingerprint density at radius 1 is 1.19 bits per heavy atom. The molecule has 0 aliphatic heterocycles. The molecule has 21 heavy (non-hydrogen) atoms. The summed E-state index contributed by atoms with van der Waals surface area (Å²) >= 11 is 0. The molecule has 0 saturated heterocycles. The maximum absolute atomic E-state index is 12.6. The van der Waals surface area contributed by atoms with E-state index in [0.29, 0.717) is 12.5 Å². The number of anilines is 1. The number of unbranched alkanes of at least 4 members (excludes halogenated alkanes) is 1. The lowest BCUT2D eigenvalue weighted by Gasteiger charge is -2.30. The Hall–Kier alpha value is -1.51. The molecule has 0 bridgehead atoms. The minimum Gasteiger partial charge on any atom is -0.399 e. The Kier molecular flexibility index (Phi) is 7.27. The fraction of sp³-hybridized carbons (Fsp3) is 0.611. The molecule has 0 aliphatic carbocycles. The molecule has 0 spiro atoms. The second-order valence-corrected chi connectivity index (χ2v) is 5.97. The van der Waals surface area contributed by atoms with Gasteiger partial charge in [-0.15, -0.1) is 0 Å². The van der Waals surface area contributed by atoms with Gasteiger partial charge in [-0.1, -0.05) is 39.3 Å². The number of carbonyl (C=O) groups is 1. The number of carbonyl (C=O) groups excluding carboxylic acids is 1. The van der Waals surface area contributed by atoms with E-state index in [2.05, 4.69) is 32.6 Å². The van der Waals surface area contributed by atoms with Gasteiger partial charge in [-0.05, 0) is 43.4 Å². The van der Waals surface area contributed by atoms with Crippen LogP contribution >= 0.6 is 0 Å². The van der Waals surface area contributed by atoms with Crippen molar-refractivity contribution in [3.05, 3.63) is 29.8 Å². The van der Waals surface area contributed by atoms with Crippen molar-refractivity contribution in [2.75, 3.05) is 12.3 Å². The van der Waals surface area contributed by atoms with Gasteiger partial charge >= 0.3 is 0 Å². The molecule has 3 heteroatoms. The van der Waals surface area contributed by atoms with Gasteiger partial charge in [0.25, 0.3) is 0 Å². The maximum Gasteiger partial charge on any atom is 0.223 e. The van der Waals surface area contributed by atoms with Crippen molar-refractivity contribution in [1.29, 1.82) is 0 Å². The van der Waals surface area contributed by atoms with Crippen LogP contribution in [0.4, 0.5) is 5.69 Å². The van der Waals surface area contributed by atoms with Crippen molar-refractivity contribution in [1.82, 2.24) is 4.90 Å². The third-order valence-electron chi connectivity index (χ3n) is 4.18. The van der Waals surface area contributed by atoms with Crippen molar-refractivity contribution in [2.24, 2.45) is 0 Å². The molecule has 2 unspecified atom stereocenters. The van der Waals surface area contributed by atoms with Gasteiger partial charge in [-0.25, -0.2) is 0 Å². The highest BCUT2D eigenvalue weighted by molar-refractivity contribution is 5.77. The van der Waals surface area contributed by atoms with Crippen molar-refractivity contribution in [3.63, 3.8) is 0 Å². The Morgan fingerprint density at radius 3 is 2.33 bits per heavy atom. The normalized spacial score (nSPS) is 13.7. The first-order valence-electron chi connectivity index (χ1n) is 8.14. The smallest absolute Gasteiger partial charge is 0.223 e. The summed E-state index contributed by atoms with van der Waals surface area (Å²) in [6.45, 7) is 9.43.